The van der Waals surface area contributed by atoms with Crippen molar-refractivity contribution in [2.24, 2.45) is 0 Å². The van der Waals surface area contributed by atoms with Crippen LogP contribution in [0, 0.1) is 13.8 Å². The van der Waals surface area contributed by atoms with Crippen molar-refractivity contribution < 1.29 is 17.9 Å². The first-order chi connectivity index (χ1) is 11.2. The van der Waals surface area contributed by atoms with Crippen LogP contribution in [0.2, 0.25) is 0 Å². The fourth-order valence-electron chi connectivity index (χ4n) is 3.05. The van der Waals surface area contributed by atoms with Gasteiger partial charge in [-0.3, -0.25) is 9.10 Å². The zero-order valence-electron chi connectivity index (χ0n) is 14.7. The van der Waals surface area contributed by atoms with Crippen molar-refractivity contribution in [3.05, 3.63) is 29.3 Å². The quantitative estimate of drug-likeness (QED) is 0.844. The van der Waals surface area contributed by atoms with Gasteiger partial charge in [-0.25, -0.2) is 8.42 Å². The molecular weight excluding hydrogens is 328 g/mol. The van der Waals surface area contributed by atoms with E-state index in [9.17, 15) is 13.2 Å². The maximum absolute atomic E-state index is 12.5. The van der Waals surface area contributed by atoms with Gasteiger partial charge in [0, 0.05) is 13.2 Å². The Morgan fingerprint density at radius 2 is 1.96 bits per heavy atom. The van der Waals surface area contributed by atoms with E-state index in [1.165, 1.54) is 4.31 Å². The first-order valence-electron chi connectivity index (χ1n) is 8.15. The predicted octanol–water partition coefficient (Wildman–Crippen LogP) is 1.75. The number of rotatable bonds is 6. The summed E-state index contributed by atoms with van der Waals surface area (Å²) < 4.78 is 31.2. The average molecular weight is 354 g/mol. The van der Waals surface area contributed by atoms with Crippen LogP contribution in [0.4, 0.5) is 5.69 Å². The molecule has 1 aliphatic heterocycles. The molecule has 6 nitrogen and oxygen atoms in total. The SMILES string of the molecule is Cc1cc(C)cc(N([C@@H](C)C(=O)NC[C@H]2CCCO2)S(C)(=O)=O)c1. The van der Waals surface area contributed by atoms with Crippen LogP contribution in [-0.4, -0.2) is 45.9 Å². The maximum Gasteiger partial charge on any atom is 0.243 e. The number of nitrogens with zero attached hydrogens (tertiary/aromatic N) is 1. The zero-order valence-corrected chi connectivity index (χ0v) is 15.5. The number of carbonyl (C=O) groups excluding carboxylic acids is 1. The molecule has 1 aliphatic rings. The van der Waals surface area contributed by atoms with E-state index < -0.39 is 16.1 Å². The predicted molar refractivity (Wildman–Crippen MR) is 94.7 cm³/mol. The van der Waals surface area contributed by atoms with Crippen LogP contribution in [0.3, 0.4) is 0 Å². The fourth-order valence-corrected chi connectivity index (χ4v) is 4.21. The minimum absolute atomic E-state index is 0.0223. The van der Waals surface area contributed by atoms with Gasteiger partial charge in [-0.1, -0.05) is 6.07 Å². The van der Waals surface area contributed by atoms with E-state index in [1.54, 1.807) is 19.1 Å². The third-order valence-corrected chi connectivity index (χ3v) is 5.32. The Kier molecular flexibility index (Phi) is 5.87. The lowest BCUT2D eigenvalue weighted by atomic mass is 10.1. The molecule has 24 heavy (non-hydrogen) atoms. The van der Waals surface area contributed by atoms with Gasteiger partial charge in [0.25, 0.3) is 0 Å². The highest BCUT2D eigenvalue weighted by atomic mass is 32.2. The van der Waals surface area contributed by atoms with Crippen molar-refractivity contribution in [3.63, 3.8) is 0 Å². The second-order valence-corrected chi connectivity index (χ2v) is 8.32. The smallest absolute Gasteiger partial charge is 0.243 e. The number of benzene rings is 1. The zero-order chi connectivity index (χ0) is 17.9. The van der Waals surface area contributed by atoms with Crippen LogP contribution in [0.15, 0.2) is 18.2 Å². The number of carbonyl (C=O) groups is 1. The lowest BCUT2D eigenvalue weighted by Gasteiger charge is -2.29. The van der Waals surface area contributed by atoms with Crippen LogP contribution in [-0.2, 0) is 19.6 Å². The lowest BCUT2D eigenvalue weighted by molar-refractivity contribution is -0.122. The summed E-state index contributed by atoms with van der Waals surface area (Å²) in [5.41, 5.74) is 2.41. The van der Waals surface area contributed by atoms with Crippen molar-refractivity contribution >= 4 is 21.6 Å². The third-order valence-electron chi connectivity index (χ3n) is 4.08. The molecule has 1 aromatic rings. The number of anilines is 1. The molecule has 7 heteroatoms. The van der Waals surface area contributed by atoms with E-state index >= 15 is 0 Å². The van der Waals surface area contributed by atoms with Crippen molar-refractivity contribution in [2.75, 3.05) is 23.7 Å². The third kappa shape index (κ3) is 4.70. The standard InChI is InChI=1S/C17H26N2O4S/c1-12-8-13(2)10-15(9-12)19(24(4,21)22)14(3)17(20)18-11-16-6-5-7-23-16/h8-10,14,16H,5-7,11H2,1-4H3,(H,18,20)/t14-,16+/m0/s1. The van der Waals surface area contributed by atoms with Crippen LogP contribution in [0.1, 0.15) is 30.9 Å². The highest BCUT2D eigenvalue weighted by Gasteiger charge is 2.30. The molecule has 134 valence electrons. The fraction of sp³-hybridized carbons (Fsp3) is 0.588. The Morgan fingerprint density at radius 3 is 2.46 bits per heavy atom. The Balaban J connectivity index is 2.18. The summed E-state index contributed by atoms with van der Waals surface area (Å²) >= 11 is 0. The van der Waals surface area contributed by atoms with Gasteiger partial charge >= 0.3 is 0 Å². The van der Waals surface area contributed by atoms with Gasteiger partial charge in [-0.2, -0.15) is 0 Å². The lowest BCUT2D eigenvalue weighted by Crippen LogP contribution is -2.49. The molecule has 2 atom stereocenters. The van der Waals surface area contributed by atoms with Crippen LogP contribution >= 0.6 is 0 Å². The van der Waals surface area contributed by atoms with Crippen LogP contribution < -0.4 is 9.62 Å². The van der Waals surface area contributed by atoms with Crippen molar-refractivity contribution in [1.29, 1.82) is 0 Å². The summed E-state index contributed by atoms with van der Waals surface area (Å²) in [6.07, 6.45) is 3.05. The molecule has 1 saturated heterocycles. The minimum Gasteiger partial charge on any atom is -0.376 e. The molecule has 1 amide bonds. The summed E-state index contributed by atoms with van der Waals surface area (Å²) in [6.45, 7) is 6.53. The highest BCUT2D eigenvalue weighted by Crippen LogP contribution is 2.24. The molecule has 0 aromatic heterocycles. The molecule has 0 aliphatic carbocycles. The molecule has 0 spiro atoms. The molecule has 2 rings (SSSR count). The summed E-state index contributed by atoms with van der Waals surface area (Å²) in [6, 6.07) is 4.68. The topological polar surface area (TPSA) is 75.7 Å². The first kappa shape index (κ1) is 18.7. The Bertz CT molecular complexity index is 676. The van der Waals surface area contributed by atoms with Crippen LogP contribution in [0.5, 0.6) is 0 Å². The summed E-state index contributed by atoms with van der Waals surface area (Å²) in [5, 5.41) is 2.81. The molecule has 0 saturated carbocycles. The largest absolute Gasteiger partial charge is 0.376 e. The number of hydrogen-bond donors (Lipinski definition) is 1. The van der Waals surface area contributed by atoms with Gasteiger partial charge in [-0.05, 0) is 56.9 Å². The molecular formula is C17H26N2O4S. The molecule has 1 aromatic carbocycles. The Labute approximate surface area is 144 Å². The molecule has 1 N–H and O–H groups in total. The van der Waals surface area contributed by atoms with E-state index in [4.69, 9.17) is 4.74 Å². The second-order valence-electron chi connectivity index (χ2n) is 6.46. The number of aryl methyl sites for hydroxylation is 2. The molecule has 0 unspecified atom stereocenters. The maximum atomic E-state index is 12.5. The summed E-state index contributed by atoms with van der Waals surface area (Å²) in [4.78, 5) is 12.5. The monoisotopic (exact) mass is 354 g/mol. The summed E-state index contributed by atoms with van der Waals surface area (Å²) in [7, 11) is -3.59. The van der Waals surface area contributed by atoms with Crippen molar-refractivity contribution in [2.45, 2.75) is 45.8 Å². The van der Waals surface area contributed by atoms with Gasteiger partial charge in [-0.15, -0.1) is 0 Å². The average Bonchev–Trinajstić information content (AvgIpc) is 2.95. The normalized spacial score (nSPS) is 19.1. The van der Waals surface area contributed by atoms with Gasteiger partial charge in [0.05, 0.1) is 18.0 Å². The molecule has 1 fully saturated rings. The van der Waals surface area contributed by atoms with Crippen molar-refractivity contribution in [1.82, 2.24) is 5.32 Å². The number of sulfonamides is 1. The van der Waals surface area contributed by atoms with Gasteiger partial charge in [0.1, 0.15) is 6.04 Å². The summed E-state index contributed by atoms with van der Waals surface area (Å²) in [5.74, 6) is -0.324. The molecule has 1 heterocycles. The Hall–Kier alpha value is -1.60. The molecule has 0 radical (unpaired) electrons. The number of ether oxygens (including phenoxy) is 1. The van der Waals surface area contributed by atoms with Gasteiger partial charge in [0.2, 0.25) is 15.9 Å². The minimum atomic E-state index is -3.59. The van der Waals surface area contributed by atoms with E-state index in [-0.39, 0.29) is 12.0 Å². The van der Waals surface area contributed by atoms with E-state index in [0.29, 0.717) is 18.8 Å². The van der Waals surface area contributed by atoms with E-state index in [2.05, 4.69) is 5.32 Å². The number of hydrogen-bond acceptors (Lipinski definition) is 4. The highest BCUT2D eigenvalue weighted by molar-refractivity contribution is 7.92. The second kappa shape index (κ2) is 7.53. The number of amides is 1. The van der Waals surface area contributed by atoms with Gasteiger partial charge in [0.15, 0.2) is 0 Å². The van der Waals surface area contributed by atoms with E-state index in [0.717, 1.165) is 30.2 Å². The van der Waals surface area contributed by atoms with Crippen LogP contribution in [0.25, 0.3) is 0 Å². The first-order valence-corrected chi connectivity index (χ1v) is 10.0. The van der Waals surface area contributed by atoms with Crippen molar-refractivity contribution in [3.8, 4) is 0 Å². The van der Waals surface area contributed by atoms with E-state index in [1.807, 2.05) is 19.9 Å². The van der Waals surface area contributed by atoms with Gasteiger partial charge < -0.3 is 10.1 Å². The molecule has 0 bridgehead atoms. The number of nitrogens with one attached hydrogen (secondary N) is 1. The Morgan fingerprint density at radius 1 is 1.33 bits per heavy atom.